The molecule has 1 N–H and O–H groups in total. The maximum absolute atomic E-state index is 12.1. The Morgan fingerprint density at radius 1 is 0.561 bits per heavy atom. The molecular weight excluding hydrogens is 508 g/mol. The standard InChI is InChI=1S/C37H72O4/c1-3-5-7-9-11-12-13-14-15-16-17-18-19-20-21-22-23-24-25-26-27-28-30-32-37(39)41-36(34-38)35-40-33-31-29-10-8-6-4-2/h16-17,36,38H,3-15,18-35H2,1-2H3/b17-16-. The summed E-state index contributed by atoms with van der Waals surface area (Å²) in [6.07, 6.45) is 39.8. The molecule has 1 atom stereocenters. The number of carbonyl (C=O) groups is 1. The van der Waals surface area contributed by atoms with Crippen molar-refractivity contribution in [3.05, 3.63) is 12.2 Å². The number of carbonyl (C=O) groups excluding carboxylic acids is 1. The molecule has 244 valence electrons. The van der Waals surface area contributed by atoms with Crippen LogP contribution in [-0.2, 0) is 14.3 Å². The second-order valence-electron chi connectivity index (χ2n) is 12.3. The summed E-state index contributed by atoms with van der Waals surface area (Å²) in [6.45, 7) is 5.32. The van der Waals surface area contributed by atoms with Crippen molar-refractivity contribution in [2.45, 2.75) is 200 Å². The van der Waals surface area contributed by atoms with Crippen LogP contribution in [0.2, 0.25) is 0 Å². The fourth-order valence-electron chi connectivity index (χ4n) is 5.32. The molecule has 41 heavy (non-hydrogen) atoms. The van der Waals surface area contributed by atoms with Gasteiger partial charge in [0.1, 0.15) is 6.10 Å². The van der Waals surface area contributed by atoms with E-state index in [1.165, 1.54) is 154 Å². The molecule has 0 aromatic rings. The van der Waals surface area contributed by atoms with Gasteiger partial charge in [0.25, 0.3) is 0 Å². The molecule has 0 aromatic carbocycles. The van der Waals surface area contributed by atoms with E-state index in [9.17, 15) is 9.90 Å². The predicted molar refractivity (Wildman–Crippen MR) is 178 cm³/mol. The molecule has 0 aromatic heterocycles. The third-order valence-corrected chi connectivity index (χ3v) is 8.09. The first-order valence-electron chi connectivity index (χ1n) is 18.3. The first kappa shape index (κ1) is 40.1. The van der Waals surface area contributed by atoms with Crippen molar-refractivity contribution in [3.63, 3.8) is 0 Å². The van der Waals surface area contributed by atoms with Gasteiger partial charge in [0.05, 0.1) is 13.2 Å². The summed E-state index contributed by atoms with van der Waals surface area (Å²) in [4.78, 5) is 12.1. The van der Waals surface area contributed by atoms with E-state index >= 15 is 0 Å². The van der Waals surface area contributed by atoms with Crippen LogP contribution < -0.4 is 0 Å². The number of aliphatic hydroxyl groups excluding tert-OH is 1. The van der Waals surface area contributed by atoms with E-state index in [1.807, 2.05) is 0 Å². The van der Waals surface area contributed by atoms with Gasteiger partial charge in [-0.2, -0.15) is 0 Å². The van der Waals surface area contributed by atoms with Gasteiger partial charge in [-0.1, -0.05) is 161 Å². The highest BCUT2D eigenvalue weighted by Crippen LogP contribution is 2.14. The Morgan fingerprint density at radius 3 is 1.39 bits per heavy atom. The van der Waals surface area contributed by atoms with Crippen LogP contribution in [0.3, 0.4) is 0 Å². The highest BCUT2D eigenvalue weighted by atomic mass is 16.6. The number of hydrogen-bond donors (Lipinski definition) is 1. The topological polar surface area (TPSA) is 55.8 Å². The van der Waals surface area contributed by atoms with E-state index < -0.39 is 6.10 Å². The quantitative estimate of drug-likeness (QED) is 0.0467. The molecule has 4 nitrogen and oxygen atoms in total. The molecule has 0 radical (unpaired) electrons. The summed E-state index contributed by atoms with van der Waals surface area (Å²) in [6, 6.07) is 0. The van der Waals surface area contributed by atoms with Gasteiger partial charge in [0.2, 0.25) is 0 Å². The van der Waals surface area contributed by atoms with Crippen LogP contribution in [0.25, 0.3) is 0 Å². The lowest BCUT2D eigenvalue weighted by atomic mass is 10.0. The Hall–Kier alpha value is -0.870. The minimum Gasteiger partial charge on any atom is -0.457 e. The SMILES string of the molecule is CCCCCCCCCC/C=C\CCCCCCCCCCCCCC(=O)OC(CO)COCCCCCCCC. The van der Waals surface area contributed by atoms with E-state index in [0.717, 1.165) is 19.3 Å². The van der Waals surface area contributed by atoms with Gasteiger partial charge in [0, 0.05) is 13.0 Å². The number of rotatable bonds is 34. The predicted octanol–water partition coefficient (Wildman–Crippen LogP) is 11.4. The number of aliphatic hydroxyl groups is 1. The van der Waals surface area contributed by atoms with Crippen molar-refractivity contribution in [2.75, 3.05) is 19.8 Å². The highest BCUT2D eigenvalue weighted by Gasteiger charge is 2.13. The maximum Gasteiger partial charge on any atom is 0.306 e. The van der Waals surface area contributed by atoms with Crippen LogP contribution >= 0.6 is 0 Å². The van der Waals surface area contributed by atoms with Crippen molar-refractivity contribution >= 4 is 5.97 Å². The Bertz CT molecular complexity index is 533. The summed E-state index contributed by atoms with van der Waals surface area (Å²) in [7, 11) is 0. The average Bonchev–Trinajstić information content (AvgIpc) is 2.98. The number of esters is 1. The summed E-state index contributed by atoms with van der Waals surface area (Å²) >= 11 is 0. The lowest BCUT2D eigenvalue weighted by molar-refractivity contribution is -0.154. The summed E-state index contributed by atoms with van der Waals surface area (Å²) in [5.74, 6) is -0.203. The van der Waals surface area contributed by atoms with Gasteiger partial charge in [-0.05, 0) is 38.5 Å². The molecule has 0 heterocycles. The molecule has 0 aliphatic rings. The molecule has 0 aliphatic heterocycles. The smallest absolute Gasteiger partial charge is 0.306 e. The van der Waals surface area contributed by atoms with Crippen molar-refractivity contribution in [2.24, 2.45) is 0 Å². The third-order valence-electron chi connectivity index (χ3n) is 8.09. The van der Waals surface area contributed by atoms with E-state index in [-0.39, 0.29) is 12.6 Å². The molecule has 1 unspecified atom stereocenters. The van der Waals surface area contributed by atoms with Gasteiger partial charge < -0.3 is 14.6 Å². The highest BCUT2D eigenvalue weighted by molar-refractivity contribution is 5.69. The minimum absolute atomic E-state index is 0.168. The Morgan fingerprint density at radius 2 is 0.951 bits per heavy atom. The molecule has 0 aliphatic carbocycles. The first-order chi connectivity index (χ1) is 20.2. The van der Waals surface area contributed by atoms with Gasteiger partial charge in [0.15, 0.2) is 0 Å². The van der Waals surface area contributed by atoms with Gasteiger partial charge in [-0.15, -0.1) is 0 Å². The zero-order valence-electron chi connectivity index (χ0n) is 27.8. The van der Waals surface area contributed by atoms with Crippen molar-refractivity contribution in [1.29, 1.82) is 0 Å². The molecule has 0 saturated carbocycles. The molecule has 0 spiro atoms. The normalized spacial score (nSPS) is 12.4. The second-order valence-corrected chi connectivity index (χ2v) is 12.3. The maximum atomic E-state index is 12.1. The first-order valence-corrected chi connectivity index (χ1v) is 18.3. The molecule has 0 amide bonds. The van der Waals surface area contributed by atoms with Crippen LogP contribution in [0, 0.1) is 0 Å². The average molecular weight is 581 g/mol. The van der Waals surface area contributed by atoms with Gasteiger partial charge in [-0.25, -0.2) is 0 Å². The largest absolute Gasteiger partial charge is 0.457 e. The molecule has 0 fully saturated rings. The molecule has 0 bridgehead atoms. The Labute approximate surface area is 256 Å². The Kier molecular flexibility index (Phi) is 34.6. The van der Waals surface area contributed by atoms with E-state index in [2.05, 4.69) is 26.0 Å². The number of hydrogen-bond acceptors (Lipinski definition) is 4. The fourth-order valence-corrected chi connectivity index (χ4v) is 5.32. The van der Waals surface area contributed by atoms with Crippen LogP contribution in [0.4, 0.5) is 0 Å². The van der Waals surface area contributed by atoms with Crippen LogP contribution in [0.15, 0.2) is 12.2 Å². The van der Waals surface area contributed by atoms with Gasteiger partial charge >= 0.3 is 5.97 Å². The van der Waals surface area contributed by atoms with E-state index in [1.54, 1.807) is 0 Å². The zero-order chi connectivity index (χ0) is 29.9. The monoisotopic (exact) mass is 581 g/mol. The fraction of sp³-hybridized carbons (Fsp3) is 0.919. The van der Waals surface area contributed by atoms with Crippen LogP contribution in [-0.4, -0.2) is 37.0 Å². The van der Waals surface area contributed by atoms with Crippen LogP contribution in [0.5, 0.6) is 0 Å². The lowest BCUT2D eigenvalue weighted by Crippen LogP contribution is -2.27. The lowest BCUT2D eigenvalue weighted by Gasteiger charge is -2.15. The summed E-state index contributed by atoms with van der Waals surface area (Å²) in [5, 5.41) is 9.47. The summed E-state index contributed by atoms with van der Waals surface area (Å²) in [5.41, 5.74) is 0. The van der Waals surface area contributed by atoms with E-state index in [4.69, 9.17) is 9.47 Å². The van der Waals surface area contributed by atoms with Gasteiger partial charge in [-0.3, -0.25) is 4.79 Å². The summed E-state index contributed by atoms with van der Waals surface area (Å²) < 4.78 is 11.0. The minimum atomic E-state index is -0.524. The molecule has 0 rings (SSSR count). The van der Waals surface area contributed by atoms with Crippen molar-refractivity contribution in [1.82, 2.24) is 0 Å². The number of ether oxygens (including phenoxy) is 2. The zero-order valence-corrected chi connectivity index (χ0v) is 27.8. The number of allylic oxidation sites excluding steroid dienone is 2. The van der Waals surface area contributed by atoms with Crippen molar-refractivity contribution in [3.8, 4) is 0 Å². The second kappa shape index (κ2) is 35.3. The van der Waals surface area contributed by atoms with Crippen LogP contribution in [0.1, 0.15) is 194 Å². The van der Waals surface area contributed by atoms with Crippen molar-refractivity contribution < 1.29 is 19.4 Å². The molecular formula is C37H72O4. The Balaban J connectivity index is 3.35. The molecule has 4 heteroatoms. The number of unbranched alkanes of at least 4 members (excludes halogenated alkanes) is 24. The third kappa shape index (κ3) is 33.5. The van der Waals surface area contributed by atoms with E-state index in [0.29, 0.717) is 19.6 Å². The molecule has 0 saturated heterocycles.